The highest BCUT2D eigenvalue weighted by Gasteiger charge is 2.14. The number of pyridine rings is 1. The fraction of sp³-hybridized carbons (Fsp3) is 0.0833. The molecular weight excluding hydrogens is 240 g/mol. The molecule has 0 saturated heterocycles. The van der Waals surface area contributed by atoms with Crippen LogP contribution in [0.15, 0.2) is 42.7 Å². The Hall–Kier alpha value is -1.78. The number of halogens is 1. The van der Waals surface area contributed by atoms with Gasteiger partial charge in [-0.2, -0.15) is 4.73 Å². The van der Waals surface area contributed by atoms with Crippen LogP contribution in [-0.2, 0) is 0 Å². The fourth-order valence-electron chi connectivity index (χ4n) is 1.57. The van der Waals surface area contributed by atoms with Crippen LogP contribution in [0.25, 0.3) is 0 Å². The molecule has 0 bridgehead atoms. The van der Waals surface area contributed by atoms with Crippen molar-refractivity contribution in [3.05, 3.63) is 64.1 Å². The first-order valence-electron chi connectivity index (χ1n) is 4.99. The van der Waals surface area contributed by atoms with E-state index in [1.807, 2.05) is 0 Å². The Kier molecular flexibility index (Phi) is 3.17. The van der Waals surface area contributed by atoms with Gasteiger partial charge in [0.05, 0.1) is 0 Å². The Morgan fingerprint density at radius 2 is 1.88 bits per heavy atom. The number of nitrogens with zero attached hydrogens (tertiary/aromatic N) is 1. The van der Waals surface area contributed by atoms with Crippen molar-refractivity contribution < 1.29 is 9.84 Å². The Balaban J connectivity index is 2.39. The highest BCUT2D eigenvalue weighted by atomic mass is 35.5. The number of benzene rings is 1. The SMILES string of the molecule is Nc1ccc(Cl)cc1C(O)c1cc[n+]([O-])cc1. The van der Waals surface area contributed by atoms with E-state index in [1.165, 1.54) is 24.5 Å². The summed E-state index contributed by atoms with van der Waals surface area (Å²) in [4.78, 5) is 0. The number of aliphatic hydroxyl groups is 1. The molecule has 2 aromatic rings. The van der Waals surface area contributed by atoms with Gasteiger partial charge in [0.1, 0.15) is 6.10 Å². The van der Waals surface area contributed by atoms with Crippen molar-refractivity contribution in [1.29, 1.82) is 0 Å². The summed E-state index contributed by atoms with van der Waals surface area (Å²) in [6.07, 6.45) is 1.74. The van der Waals surface area contributed by atoms with Crippen molar-refractivity contribution in [2.24, 2.45) is 0 Å². The molecule has 4 nitrogen and oxygen atoms in total. The first-order valence-corrected chi connectivity index (χ1v) is 5.37. The fourth-order valence-corrected chi connectivity index (χ4v) is 1.75. The lowest BCUT2D eigenvalue weighted by molar-refractivity contribution is -0.605. The summed E-state index contributed by atoms with van der Waals surface area (Å²) in [5.41, 5.74) is 7.35. The Bertz CT molecular complexity index is 529. The molecule has 3 N–H and O–H groups in total. The first-order chi connectivity index (χ1) is 8.08. The molecule has 0 aliphatic heterocycles. The van der Waals surface area contributed by atoms with Crippen LogP contribution in [0.5, 0.6) is 0 Å². The molecule has 1 aromatic heterocycles. The third-order valence-corrected chi connectivity index (χ3v) is 2.72. The molecule has 0 radical (unpaired) electrons. The molecule has 1 aromatic carbocycles. The molecule has 0 saturated carbocycles. The van der Waals surface area contributed by atoms with Gasteiger partial charge in [0.25, 0.3) is 0 Å². The molecule has 5 heteroatoms. The zero-order valence-electron chi connectivity index (χ0n) is 8.88. The number of hydrogen-bond acceptors (Lipinski definition) is 3. The summed E-state index contributed by atoms with van der Waals surface area (Å²) < 4.78 is 0.650. The van der Waals surface area contributed by atoms with Gasteiger partial charge in [-0.05, 0) is 23.8 Å². The van der Waals surface area contributed by atoms with Gasteiger partial charge in [0, 0.05) is 28.4 Å². The van der Waals surface area contributed by atoms with Crippen molar-refractivity contribution >= 4 is 17.3 Å². The third-order valence-electron chi connectivity index (χ3n) is 2.49. The lowest BCUT2D eigenvalue weighted by Gasteiger charge is -2.13. The molecule has 88 valence electrons. The predicted octanol–water partition coefficient (Wildman–Crippen LogP) is 1.64. The highest BCUT2D eigenvalue weighted by molar-refractivity contribution is 6.30. The van der Waals surface area contributed by atoms with Crippen LogP contribution in [0.1, 0.15) is 17.2 Å². The molecule has 1 heterocycles. The van der Waals surface area contributed by atoms with Crippen LogP contribution in [0.3, 0.4) is 0 Å². The van der Waals surface area contributed by atoms with E-state index in [4.69, 9.17) is 17.3 Å². The molecule has 0 aliphatic carbocycles. The molecular formula is C12H11ClN2O2. The average Bonchev–Trinajstić information content (AvgIpc) is 2.32. The molecule has 2 rings (SSSR count). The molecule has 0 aliphatic rings. The lowest BCUT2D eigenvalue weighted by atomic mass is 10.0. The first kappa shape index (κ1) is 11.7. The molecule has 0 amide bonds. The van der Waals surface area contributed by atoms with Crippen LogP contribution in [0, 0.1) is 5.21 Å². The van der Waals surface area contributed by atoms with Gasteiger partial charge < -0.3 is 16.0 Å². The van der Waals surface area contributed by atoms with Gasteiger partial charge in [0.2, 0.25) is 0 Å². The van der Waals surface area contributed by atoms with E-state index < -0.39 is 6.10 Å². The van der Waals surface area contributed by atoms with E-state index in [-0.39, 0.29) is 0 Å². The summed E-state index contributed by atoms with van der Waals surface area (Å²) in [5.74, 6) is 0. The summed E-state index contributed by atoms with van der Waals surface area (Å²) in [7, 11) is 0. The Morgan fingerprint density at radius 3 is 2.53 bits per heavy atom. The van der Waals surface area contributed by atoms with Crippen LogP contribution >= 0.6 is 11.6 Å². The van der Waals surface area contributed by atoms with E-state index >= 15 is 0 Å². The second-order valence-electron chi connectivity index (χ2n) is 3.67. The summed E-state index contributed by atoms with van der Waals surface area (Å²) >= 11 is 5.85. The minimum Gasteiger partial charge on any atom is -0.619 e. The van der Waals surface area contributed by atoms with Gasteiger partial charge in [0.15, 0.2) is 12.4 Å². The normalized spacial score (nSPS) is 12.4. The monoisotopic (exact) mass is 250 g/mol. The Morgan fingerprint density at radius 1 is 1.24 bits per heavy atom. The van der Waals surface area contributed by atoms with E-state index in [9.17, 15) is 10.3 Å². The van der Waals surface area contributed by atoms with Crippen LogP contribution < -0.4 is 10.5 Å². The predicted molar refractivity (Wildman–Crippen MR) is 65.3 cm³/mol. The quantitative estimate of drug-likeness (QED) is 0.483. The van der Waals surface area contributed by atoms with Crippen molar-refractivity contribution in [3.63, 3.8) is 0 Å². The lowest BCUT2D eigenvalue weighted by Crippen LogP contribution is -2.24. The van der Waals surface area contributed by atoms with Gasteiger partial charge in [-0.15, -0.1) is 0 Å². The maximum absolute atomic E-state index is 10.9. The topological polar surface area (TPSA) is 73.2 Å². The maximum Gasteiger partial charge on any atom is 0.180 e. The number of hydrogen-bond donors (Lipinski definition) is 2. The van der Waals surface area contributed by atoms with Crippen molar-refractivity contribution in [3.8, 4) is 0 Å². The van der Waals surface area contributed by atoms with Crippen LogP contribution in [0.4, 0.5) is 5.69 Å². The van der Waals surface area contributed by atoms with Crippen molar-refractivity contribution in [1.82, 2.24) is 0 Å². The molecule has 1 atom stereocenters. The smallest absolute Gasteiger partial charge is 0.180 e. The van der Waals surface area contributed by atoms with Crippen molar-refractivity contribution in [2.45, 2.75) is 6.10 Å². The number of aliphatic hydroxyl groups excluding tert-OH is 1. The van der Waals surface area contributed by atoms with Gasteiger partial charge in [-0.25, -0.2) is 0 Å². The maximum atomic E-state index is 10.9. The number of nitrogen functional groups attached to an aromatic ring is 1. The van der Waals surface area contributed by atoms with E-state index in [0.29, 0.717) is 26.6 Å². The summed E-state index contributed by atoms with van der Waals surface area (Å²) in [6, 6.07) is 7.98. The summed E-state index contributed by atoms with van der Waals surface area (Å²) in [5, 5.41) is 21.5. The molecule has 0 fully saturated rings. The van der Waals surface area contributed by atoms with E-state index in [1.54, 1.807) is 18.2 Å². The largest absolute Gasteiger partial charge is 0.619 e. The van der Waals surface area contributed by atoms with E-state index in [0.717, 1.165) is 0 Å². The van der Waals surface area contributed by atoms with Gasteiger partial charge >= 0.3 is 0 Å². The average molecular weight is 251 g/mol. The van der Waals surface area contributed by atoms with Gasteiger partial charge in [-0.1, -0.05) is 11.6 Å². The third kappa shape index (κ3) is 2.49. The second kappa shape index (κ2) is 4.61. The highest BCUT2D eigenvalue weighted by Crippen LogP contribution is 2.28. The standard InChI is InChI=1S/C12H11ClN2O2/c13-9-1-2-11(14)10(7-9)12(16)8-3-5-15(17)6-4-8/h1-7,12,16H,14H2. The van der Waals surface area contributed by atoms with Crippen molar-refractivity contribution in [2.75, 3.05) is 5.73 Å². The number of rotatable bonds is 2. The number of aromatic nitrogens is 1. The van der Waals surface area contributed by atoms with E-state index in [2.05, 4.69) is 0 Å². The number of anilines is 1. The number of nitrogens with two attached hydrogens (primary N) is 1. The van der Waals surface area contributed by atoms with Gasteiger partial charge in [-0.3, -0.25) is 0 Å². The zero-order valence-corrected chi connectivity index (χ0v) is 9.63. The minimum absolute atomic E-state index is 0.459. The molecule has 0 spiro atoms. The zero-order chi connectivity index (χ0) is 12.4. The molecule has 17 heavy (non-hydrogen) atoms. The molecule has 1 unspecified atom stereocenters. The summed E-state index contributed by atoms with van der Waals surface area (Å²) in [6.45, 7) is 0. The van der Waals surface area contributed by atoms with Crippen LogP contribution in [0.2, 0.25) is 5.02 Å². The Labute approximate surface area is 103 Å². The minimum atomic E-state index is -0.894. The second-order valence-corrected chi connectivity index (χ2v) is 4.10. The van der Waals surface area contributed by atoms with Crippen LogP contribution in [-0.4, -0.2) is 5.11 Å².